The zero-order valence-corrected chi connectivity index (χ0v) is 27.4. The topological polar surface area (TPSA) is 218 Å². The van der Waals surface area contributed by atoms with Crippen LogP contribution in [-0.2, 0) is 16.0 Å². The molecule has 0 heterocycles. The Morgan fingerprint density at radius 2 is 1.51 bits per heavy atom. The third-order valence-electron chi connectivity index (χ3n) is 8.31. The van der Waals surface area contributed by atoms with Gasteiger partial charge in [0.25, 0.3) is 17.5 Å². The predicted octanol–water partition coefficient (Wildman–Crippen LogP) is 5.07. The number of phenols is 1. The molecular formula is C36H35N5O10. The number of aromatic hydroxyl groups is 1. The average molecular weight is 698 g/mol. The fourth-order valence-electron chi connectivity index (χ4n) is 5.80. The Labute approximate surface area is 291 Å². The second-order valence-electron chi connectivity index (χ2n) is 11.6. The van der Waals surface area contributed by atoms with Gasteiger partial charge in [-0.25, -0.2) is 15.1 Å². The molecule has 1 unspecified atom stereocenters. The van der Waals surface area contributed by atoms with Gasteiger partial charge in [0.2, 0.25) is 0 Å². The number of carbonyl (C=O) groups excluding carboxylic acids is 4. The van der Waals surface area contributed by atoms with Crippen molar-refractivity contribution in [3.63, 3.8) is 0 Å². The second kappa shape index (κ2) is 16.3. The van der Waals surface area contributed by atoms with E-state index in [4.69, 9.17) is 14.7 Å². The number of hydrogen-bond acceptors (Lipinski definition) is 10. The summed E-state index contributed by atoms with van der Waals surface area (Å²) in [6, 6.07) is 23.8. The van der Waals surface area contributed by atoms with Gasteiger partial charge >= 0.3 is 12.2 Å². The number of hydrogen-bond donors (Lipinski definition) is 6. The van der Waals surface area contributed by atoms with Crippen LogP contribution in [0.15, 0.2) is 84.9 Å². The number of ether oxygens (including phenoxy) is 2. The van der Waals surface area contributed by atoms with E-state index in [2.05, 4.69) is 16.0 Å². The number of fused-ring (bicyclic) bond motifs is 3. The number of amides is 4. The van der Waals surface area contributed by atoms with Crippen molar-refractivity contribution in [2.24, 2.45) is 0 Å². The van der Waals surface area contributed by atoms with E-state index in [0.29, 0.717) is 12.0 Å². The van der Waals surface area contributed by atoms with Crippen LogP contribution in [0.2, 0.25) is 0 Å². The minimum absolute atomic E-state index is 0.0304. The lowest BCUT2D eigenvalue weighted by Gasteiger charge is -2.16. The highest BCUT2D eigenvalue weighted by atomic mass is 16.6. The van der Waals surface area contributed by atoms with Crippen LogP contribution >= 0.6 is 0 Å². The molecular weight excluding hydrogens is 662 g/mol. The van der Waals surface area contributed by atoms with Crippen molar-refractivity contribution in [2.75, 3.05) is 19.7 Å². The van der Waals surface area contributed by atoms with Crippen molar-refractivity contribution in [1.82, 2.24) is 21.4 Å². The molecule has 0 aliphatic heterocycles. The highest BCUT2D eigenvalue weighted by Gasteiger charge is 2.29. The predicted molar refractivity (Wildman–Crippen MR) is 182 cm³/mol. The number of nitro benzene ring substituents is 1. The van der Waals surface area contributed by atoms with Gasteiger partial charge in [-0.05, 0) is 65.4 Å². The molecule has 0 radical (unpaired) electrons. The van der Waals surface area contributed by atoms with E-state index in [-0.39, 0.29) is 54.5 Å². The van der Waals surface area contributed by atoms with E-state index >= 15 is 0 Å². The first-order chi connectivity index (χ1) is 24.6. The largest absolute Gasteiger partial charge is 0.507 e. The highest BCUT2D eigenvalue weighted by molar-refractivity contribution is 5.99. The maximum Gasteiger partial charge on any atom is 0.407 e. The summed E-state index contributed by atoms with van der Waals surface area (Å²) >= 11 is 0. The zero-order valence-electron chi connectivity index (χ0n) is 27.4. The second-order valence-corrected chi connectivity index (χ2v) is 11.6. The summed E-state index contributed by atoms with van der Waals surface area (Å²) < 4.78 is 10.9. The molecule has 264 valence electrons. The van der Waals surface area contributed by atoms with E-state index in [1.165, 1.54) is 36.7 Å². The van der Waals surface area contributed by atoms with Crippen LogP contribution in [0.5, 0.6) is 5.75 Å². The van der Waals surface area contributed by atoms with E-state index < -0.39 is 40.8 Å². The molecule has 1 atom stereocenters. The Bertz CT molecular complexity index is 1920. The summed E-state index contributed by atoms with van der Waals surface area (Å²) in [6.45, 7) is 1.83. The smallest absolute Gasteiger partial charge is 0.407 e. The summed E-state index contributed by atoms with van der Waals surface area (Å²) in [7, 11) is 0. The van der Waals surface area contributed by atoms with Crippen molar-refractivity contribution in [2.45, 2.75) is 31.9 Å². The standard InChI is InChI=1S/C36H35N5O10/c1-21(51-36(46)38-16-6-15-37-33(43)23-12-14-29(32(42)18-23)34(44)40-47)24-13-11-22(17-31(24)41(48)49)19-39-35(45)50-20-30-27-9-4-2-7-25(27)26-8-3-5-10-28(26)30/h2-5,7-14,17-18,21,30,42,47H,6,15-16,19-20H2,1H3,(H,37,43)(H,38,46)(H,39,45)(H,40,44). The monoisotopic (exact) mass is 697 g/mol. The first-order valence-corrected chi connectivity index (χ1v) is 15.9. The van der Waals surface area contributed by atoms with Crippen LogP contribution in [0, 0.1) is 10.1 Å². The molecule has 15 heteroatoms. The number of rotatable bonds is 13. The van der Waals surface area contributed by atoms with Crippen LogP contribution in [-0.4, -0.2) is 58.9 Å². The number of phenolic OH excluding ortho intramolecular Hbond substituents is 1. The number of hydroxylamine groups is 1. The molecule has 0 spiro atoms. The molecule has 1 aliphatic rings. The number of alkyl carbamates (subject to hydrolysis) is 2. The molecule has 4 aromatic carbocycles. The van der Waals surface area contributed by atoms with Crippen molar-refractivity contribution in [3.05, 3.63) is 128 Å². The first-order valence-electron chi connectivity index (χ1n) is 15.9. The highest BCUT2D eigenvalue weighted by Crippen LogP contribution is 2.44. The molecule has 0 saturated heterocycles. The van der Waals surface area contributed by atoms with Crippen LogP contribution in [0.4, 0.5) is 15.3 Å². The summed E-state index contributed by atoms with van der Waals surface area (Å²) in [5, 5.41) is 38.2. The summed E-state index contributed by atoms with van der Waals surface area (Å²) in [5.41, 5.74) is 5.92. The first kappa shape index (κ1) is 35.8. The lowest BCUT2D eigenvalue weighted by atomic mass is 9.98. The molecule has 0 aromatic heterocycles. The summed E-state index contributed by atoms with van der Waals surface area (Å²) in [6.07, 6.45) is -2.18. The molecule has 6 N–H and O–H groups in total. The maximum absolute atomic E-state index is 12.6. The fraction of sp³-hybridized carbons (Fsp3) is 0.222. The van der Waals surface area contributed by atoms with Gasteiger partial charge in [-0.2, -0.15) is 0 Å². The van der Waals surface area contributed by atoms with Gasteiger partial charge in [0, 0.05) is 37.2 Å². The van der Waals surface area contributed by atoms with Crippen molar-refractivity contribution >= 4 is 29.7 Å². The summed E-state index contributed by atoms with van der Waals surface area (Å²) in [4.78, 5) is 60.1. The van der Waals surface area contributed by atoms with Gasteiger partial charge in [-0.3, -0.25) is 24.9 Å². The Hall–Kier alpha value is -6.48. The van der Waals surface area contributed by atoms with Crippen molar-refractivity contribution < 1.29 is 43.9 Å². The van der Waals surface area contributed by atoms with Crippen molar-refractivity contribution in [3.8, 4) is 16.9 Å². The molecule has 4 amide bonds. The van der Waals surface area contributed by atoms with Crippen LogP contribution in [0.1, 0.15) is 68.3 Å². The number of benzene rings is 4. The minimum Gasteiger partial charge on any atom is -0.507 e. The lowest BCUT2D eigenvalue weighted by molar-refractivity contribution is -0.386. The Morgan fingerprint density at radius 3 is 2.16 bits per heavy atom. The molecule has 1 aliphatic carbocycles. The molecule has 0 saturated carbocycles. The number of nitrogens with zero attached hydrogens (tertiary/aromatic N) is 1. The van der Waals surface area contributed by atoms with Gasteiger partial charge in [-0.15, -0.1) is 0 Å². The lowest BCUT2D eigenvalue weighted by Crippen LogP contribution is -2.30. The van der Waals surface area contributed by atoms with Gasteiger partial charge < -0.3 is 30.5 Å². The Balaban J connectivity index is 1.06. The van der Waals surface area contributed by atoms with Crippen LogP contribution in [0.3, 0.4) is 0 Å². The van der Waals surface area contributed by atoms with E-state index in [9.17, 15) is 34.4 Å². The Morgan fingerprint density at radius 1 is 0.843 bits per heavy atom. The zero-order chi connectivity index (χ0) is 36.5. The molecule has 0 fully saturated rings. The normalized spacial score (nSPS) is 12.1. The fourth-order valence-corrected chi connectivity index (χ4v) is 5.80. The molecule has 0 bridgehead atoms. The number of carbonyl (C=O) groups is 4. The van der Waals surface area contributed by atoms with E-state index in [1.807, 2.05) is 48.5 Å². The van der Waals surface area contributed by atoms with Gasteiger partial charge in [0.1, 0.15) is 18.5 Å². The SMILES string of the molecule is CC(OC(=O)NCCCNC(=O)c1ccc(C(=O)NO)c(O)c1)c1ccc(CNC(=O)OCC2c3ccccc3-c3ccccc32)cc1[N+](=O)[O-]. The maximum atomic E-state index is 12.6. The third kappa shape index (κ3) is 8.58. The van der Waals surface area contributed by atoms with Gasteiger partial charge in [0.05, 0.1) is 16.1 Å². The molecule has 5 rings (SSSR count). The summed E-state index contributed by atoms with van der Waals surface area (Å²) in [5.74, 6) is -2.08. The van der Waals surface area contributed by atoms with E-state index in [1.54, 1.807) is 6.07 Å². The average Bonchev–Trinajstić information content (AvgIpc) is 3.45. The third-order valence-corrected chi connectivity index (χ3v) is 8.31. The number of nitro groups is 1. The van der Waals surface area contributed by atoms with Gasteiger partial charge in [-0.1, -0.05) is 54.6 Å². The van der Waals surface area contributed by atoms with Gasteiger partial charge in [0.15, 0.2) is 0 Å². The molecule has 4 aromatic rings. The number of nitrogens with one attached hydrogen (secondary N) is 4. The molecule has 51 heavy (non-hydrogen) atoms. The quantitative estimate of drug-likeness (QED) is 0.0472. The molecule has 15 nitrogen and oxygen atoms in total. The van der Waals surface area contributed by atoms with Crippen LogP contribution in [0.25, 0.3) is 11.1 Å². The van der Waals surface area contributed by atoms with E-state index in [0.717, 1.165) is 28.3 Å². The van der Waals surface area contributed by atoms with Crippen molar-refractivity contribution in [1.29, 1.82) is 0 Å². The van der Waals surface area contributed by atoms with Crippen LogP contribution < -0.4 is 21.4 Å². The minimum atomic E-state index is -0.988. The Kier molecular flexibility index (Phi) is 11.4.